The number of rotatable bonds is 2. The SMILES string of the molecule is CCc1c(-c2ncnc3ccccc23)c[nH]c(=O)c1Br. The molecule has 5 heteroatoms. The van der Waals surface area contributed by atoms with Gasteiger partial charge in [0.25, 0.3) is 5.56 Å². The van der Waals surface area contributed by atoms with E-state index in [1.54, 1.807) is 12.5 Å². The third kappa shape index (κ3) is 2.04. The lowest BCUT2D eigenvalue weighted by atomic mass is 10.0. The van der Waals surface area contributed by atoms with Crippen LogP contribution in [-0.2, 0) is 6.42 Å². The standard InChI is InChI=1S/C15H12BrN3O/c1-2-9-11(7-17-15(20)13(9)16)14-10-5-3-4-6-12(10)18-8-19-14/h3-8H,2H2,1H3,(H,17,20). The minimum Gasteiger partial charge on any atom is -0.327 e. The molecule has 0 aliphatic rings. The van der Waals surface area contributed by atoms with Crippen molar-refractivity contribution in [3.05, 3.63) is 57.2 Å². The van der Waals surface area contributed by atoms with Gasteiger partial charge in [0.2, 0.25) is 0 Å². The molecule has 0 fully saturated rings. The van der Waals surface area contributed by atoms with E-state index in [1.807, 2.05) is 31.2 Å². The summed E-state index contributed by atoms with van der Waals surface area (Å²) in [5, 5.41) is 0.976. The summed E-state index contributed by atoms with van der Waals surface area (Å²) in [6, 6.07) is 7.85. The Morgan fingerprint density at radius 3 is 2.85 bits per heavy atom. The quantitative estimate of drug-likeness (QED) is 0.784. The van der Waals surface area contributed by atoms with E-state index in [-0.39, 0.29) is 5.56 Å². The van der Waals surface area contributed by atoms with E-state index in [4.69, 9.17) is 0 Å². The number of hydrogen-bond acceptors (Lipinski definition) is 3. The number of pyridine rings is 1. The number of H-pyrrole nitrogens is 1. The van der Waals surface area contributed by atoms with E-state index >= 15 is 0 Å². The predicted molar refractivity (Wildman–Crippen MR) is 82.7 cm³/mol. The lowest BCUT2D eigenvalue weighted by Crippen LogP contribution is -2.10. The Kier molecular flexibility index (Phi) is 3.36. The monoisotopic (exact) mass is 329 g/mol. The summed E-state index contributed by atoms with van der Waals surface area (Å²) in [5.74, 6) is 0. The van der Waals surface area contributed by atoms with Gasteiger partial charge >= 0.3 is 0 Å². The van der Waals surface area contributed by atoms with Crippen LogP contribution in [-0.4, -0.2) is 15.0 Å². The fraction of sp³-hybridized carbons (Fsp3) is 0.133. The molecule has 4 nitrogen and oxygen atoms in total. The zero-order valence-corrected chi connectivity index (χ0v) is 12.4. The van der Waals surface area contributed by atoms with Crippen molar-refractivity contribution in [1.29, 1.82) is 0 Å². The van der Waals surface area contributed by atoms with Crippen molar-refractivity contribution >= 4 is 26.8 Å². The second kappa shape index (κ2) is 5.17. The first kappa shape index (κ1) is 13.0. The number of fused-ring (bicyclic) bond motifs is 1. The molecule has 0 radical (unpaired) electrons. The first-order valence-electron chi connectivity index (χ1n) is 6.32. The van der Waals surface area contributed by atoms with Crippen LogP contribution in [0.5, 0.6) is 0 Å². The molecule has 0 atom stereocenters. The lowest BCUT2D eigenvalue weighted by molar-refractivity contribution is 1.07. The minimum absolute atomic E-state index is 0.121. The summed E-state index contributed by atoms with van der Waals surface area (Å²) in [7, 11) is 0. The number of hydrogen-bond donors (Lipinski definition) is 1. The van der Waals surface area contributed by atoms with E-state index in [1.165, 1.54) is 0 Å². The highest BCUT2D eigenvalue weighted by molar-refractivity contribution is 9.10. The van der Waals surface area contributed by atoms with E-state index < -0.39 is 0 Å². The van der Waals surface area contributed by atoms with Crippen LogP contribution in [0.1, 0.15) is 12.5 Å². The number of benzene rings is 1. The van der Waals surface area contributed by atoms with Gasteiger partial charge in [0.05, 0.1) is 15.7 Å². The van der Waals surface area contributed by atoms with Crippen LogP contribution < -0.4 is 5.56 Å². The second-order valence-corrected chi connectivity index (χ2v) is 5.21. The average molecular weight is 330 g/mol. The molecule has 0 spiro atoms. The third-order valence-electron chi connectivity index (χ3n) is 3.29. The second-order valence-electron chi connectivity index (χ2n) is 4.42. The van der Waals surface area contributed by atoms with Gasteiger partial charge in [-0.15, -0.1) is 0 Å². The molecule has 0 bridgehead atoms. The Labute approximate surface area is 124 Å². The van der Waals surface area contributed by atoms with Crippen molar-refractivity contribution in [3.8, 4) is 11.3 Å². The summed E-state index contributed by atoms with van der Waals surface area (Å²) in [6.45, 7) is 2.02. The molecule has 0 saturated carbocycles. The maximum atomic E-state index is 11.7. The molecule has 2 heterocycles. The first-order valence-corrected chi connectivity index (χ1v) is 7.12. The third-order valence-corrected chi connectivity index (χ3v) is 4.13. The van der Waals surface area contributed by atoms with Crippen molar-refractivity contribution in [2.75, 3.05) is 0 Å². The Hall–Kier alpha value is -2.01. The molecule has 3 aromatic rings. The molecule has 0 aliphatic carbocycles. The largest absolute Gasteiger partial charge is 0.327 e. The Morgan fingerprint density at radius 2 is 2.05 bits per heavy atom. The normalized spacial score (nSPS) is 10.9. The van der Waals surface area contributed by atoms with Gasteiger partial charge in [-0.25, -0.2) is 9.97 Å². The summed E-state index contributed by atoms with van der Waals surface area (Å²) < 4.78 is 0.570. The molecule has 100 valence electrons. The van der Waals surface area contributed by atoms with Crippen molar-refractivity contribution in [2.45, 2.75) is 13.3 Å². The van der Waals surface area contributed by atoms with E-state index in [0.29, 0.717) is 4.47 Å². The van der Waals surface area contributed by atoms with Crippen LogP contribution >= 0.6 is 15.9 Å². The van der Waals surface area contributed by atoms with Crippen molar-refractivity contribution < 1.29 is 0 Å². The highest BCUT2D eigenvalue weighted by Gasteiger charge is 2.14. The molecule has 3 rings (SSSR count). The van der Waals surface area contributed by atoms with Crippen molar-refractivity contribution in [3.63, 3.8) is 0 Å². The minimum atomic E-state index is -0.121. The number of halogens is 1. The Bertz CT molecular complexity index is 837. The van der Waals surface area contributed by atoms with Crippen LogP contribution in [0.2, 0.25) is 0 Å². The van der Waals surface area contributed by atoms with Gasteiger partial charge in [-0.2, -0.15) is 0 Å². The molecule has 0 aliphatic heterocycles. The predicted octanol–water partition coefficient (Wildman–Crippen LogP) is 3.31. The Balaban J connectivity index is 2.37. The number of aromatic amines is 1. The average Bonchev–Trinajstić information content (AvgIpc) is 2.49. The number of para-hydroxylation sites is 1. The fourth-order valence-electron chi connectivity index (χ4n) is 2.32. The van der Waals surface area contributed by atoms with E-state index in [2.05, 4.69) is 30.9 Å². The van der Waals surface area contributed by atoms with E-state index in [0.717, 1.165) is 34.1 Å². The molecule has 0 saturated heterocycles. The van der Waals surface area contributed by atoms with Crippen LogP contribution in [0.15, 0.2) is 46.1 Å². The summed E-state index contributed by atoms with van der Waals surface area (Å²) in [4.78, 5) is 23.1. The van der Waals surface area contributed by atoms with Crippen molar-refractivity contribution in [1.82, 2.24) is 15.0 Å². The van der Waals surface area contributed by atoms with Crippen LogP contribution in [0, 0.1) is 0 Å². The van der Waals surface area contributed by atoms with Crippen molar-refractivity contribution in [2.24, 2.45) is 0 Å². The molecular weight excluding hydrogens is 318 g/mol. The summed E-state index contributed by atoms with van der Waals surface area (Å²) in [6.07, 6.45) is 4.02. The van der Waals surface area contributed by atoms with Gasteiger partial charge in [0.15, 0.2) is 0 Å². The van der Waals surface area contributed by atoms with Gasteiger partial charge in [0.1, 0.15) is 6.33 Å². The smallest absolute Gasteiger partial charge is 0.262 e. The van der Waals surface area contributed by atoms with Gasteiger partial charge in [-0.1, -0.05) is 25.1 Å². The molecule has 1 N–H and O–H groups in total. The summed E-state index contributed by atoms with van der Waals surface area (Å²) >= 11 is 3.37. The maximum absolute atomic E-state index is 11.7. The zero-order valence-electron chi connectivity index (χ0n) is 10.9. The highest BCUT2D eigenvalue weighted by atomic mass is 79.9. The van der Waals surface area contributed by atoms with Gasteiger partial charge in [-0.3, -0.25) is 4.79 Å². The molecule has 0 unspecified atom stereocenters. The highest BCUT2D eigenvalue weighted by Crippen LogP contribution is 2.30. The fourth-order valence-corrected chi connectivity index (χ4v) is 2.93. The first-order chi connectivity index (χ1) is 9.72. The molecule has 2 aromatic heterocycles. The topological polar surface area (TPSA) is 58.6 Å². The Morgan fingerprint density at radius 1 is 1.25 bits per heavy atom. The van der Waals surface area contributed by atoms with Crippen LogP contribution in [0.25, 0.3) is 22.2 Å². The molecule has 20 heavy (non-hydrogen) atoms. The van der Waals surface area contributed by atoms with Gasteiger partial charge < -0.3 is 4.98 Å². The zero-order chi connectivity index (χ0) is 14.1. The van der Waals surface area contributed by atoms with Gasteiger partial charge in [-0.05, 0) is 34.0 Å². The lowest BCUT2D eigenvalue weighted by Gasteiger charge is -2.10. The maximum Gasteiger partial charge on any atom is 0.262 e. The number of nitrogens with one attached hydrogen (secondary N) is 1. The van der Waals surface area contributed by atoms with Gasteiger partial charge in [0, 0.05) is 17.1 Å². The molecule has 1 aromatic carbocycles. The van der Waals surface area contributed by atoms with Crippen LogP contribution in [0.4, 0.5) is 0 Å². The molecule has 0 amide bonds. The van der Waals surface area contributed by atoms with Crippen LogP contribution in [0.3, 0.4) is 0 Å². The molecular formula is C15H12BrN3O. The number of nitrogens with zero attached hydrogens (tertiary/aromatic N) is 2. The van der Waals surface area contributed by atoms with E-state index in [9.17, 15) is 4.79 Å². The summed E-state index contributed by atoms with van der Waals surface area (Å²) in [5.41, 5.74) is 3.49. The number of aromatic nitrogens is 3.